The van der Waals surface area contributed by atoms with Gasteiger partial charge < -0.3 is 10.1 Å². The molecular formula is C29H28FN3O2. The predicted molar refractivity (Wildman–Crippen MR) is 137 cm³/mol. The van der Waals surface area contributed by atoms with E-state index in [1.54, 1.807) is 13.2 Å². The third-order valence-electron chi connectivity index (χ3n) is 6.65. The van der Waals surface area contributed by atoms with Crippen molar-refractivity contribution in [2.75, 3.05) is 25.5 Å². The Bertz CT molecular complexity index is 1380. The number of ether oxygens (including phenoxy) is 1. The van der Waals surface area contributed by atoms with Gasteiger partial charge in [0.2, 0.25) is 0 Å². The summed E-state index contributed by atoms with van der Waals surface area (Å²) in [6.45, 7) is 5.11. The summed E-state index contributed by atoms with van der Waals surface area (Å²) in [5, 5.41) is 3.90. The standard InChI is InChI=1S/C29H28FN3O2/c1-19-27(12-8-23-15-20(17-31-28(19)23)18-33-13-3-4-14-33)32-29(34)25-11-7-22(16-26(25)30)21-5-9-24(35-2)10-6-21/h5-12,15-17H,3-4,13-14,18H2,1-2H3,(H,32,34). The normalized spacial score (nSPS) is 13.8. The zero-order valence-electron chi connectivity index (χ0n) is 20.0. The number of benzene rings is 3. The van der Waals surface area contributed by atoms with Crippen LogP contribution in [0.2, 0.25) is 0 Å². The molecule has 178 valence electrons. The van der Waals surface area contributed by atoms with Gasteiger partial charge in [0.1, 0.15) is 11.6 Å². The van der Waals surface area contributed by atoms with Crippen LogP contribution < -0.4 is 10.1 Å². The Kier molecular flexibility index (Phi) is 6.47. The number of amides is 1. The molecule has 1 fully saturated rings. The summed E-state index contributed by atoms with van der Waals surface area (Å²) in [5.41, 5.74) is 5.04. The first kappa shape index (κ1) is 23.0. The summed E-state index contributed by atoms with van der Waals surface area (Å²) in [4.78, 5) is 20.0. The number of aromatic nitrogens is 1. The Balaban J connectivity index is 1.34. The van der Waals surface area contributed by atoms with Gasteiger partial charge in [0.15, 0.2) is 0 Å². The van der Waals surface area contributed by atoms with E-state index in [1.807, 2.05) is 49.5 Å². The molecule has 1 aliphatic rings. The molecular weight excluding hydrogens is 441 g/mol. The van der Waals surface area contributed by atoms with E-state index in [4.69, 9.17) is 4.74 Å². The first-order valence-electron chi connectivity index (χ1n) is 11.9. The number of nitrogens with zero attached hydrogens (tertiary/aromatic N) is 2. The van der Waals surface area contributed by atoms with Crippen LogP contribution >= 0.6 is 0 Å². The van der Waals surface area contributed by atoms with Crippen LogP contribution in [0.3, 0.4) is 0 Å². The van der Waals surface area contributed by atoms with E-state index >= 15 is 0 Å². The number of nitrogens with one attached hydrogen (secondary N) is 1. The van der Waals surface area contributed by atoms with Crippen LogP contribution in [-0.4, -0.2) is 36.0 Å². The molecule has 3 aromatic carbocycles. The van der Waals surface area contributed by atoms with Crippen LogP contribution in [0.15, 0.2) is 66.9 Å². The van der Waals surface area contributed by atoms with Crippen molar-refractivity contribution in [3.8, 4) is 16.9 Å². The SMILES string of the molecule is COc1ccc(-c2ccc(C(=O)Nc3ccc4cc(CN5CCCC5)cnc4c3C)c(F)c2)cc1. The van der Waals surface area contributed by atoms with E-state index in [0.717, 1.165) is 47.4 Å². The number of pyridine rings is 1. The molecule has 1 aromatic heterocycles. The van der Waals surface area contributed by atoms with E-state index in [0.29, 0.717) is 11.3 Å². The number of halogens is 1. The van der Waals surface area contributed by atoms with Crippen LogP contribution in [0, 0.1) is 12.7 Å². The predicted octanol–water partition coefficient (Wildman–Crippen LogP) is 6.21. The van der Waals surface area contributed by atoms with E-state index in [-0.39, 0.29) is 5.56 Å². The third kappa shape index (κ3) is 4.88. The number of hydrogen-bond donors (Lipinski definition) is 1. The van der Waals surface area contributed by atoms with Crippen molar-refractivity contribution in [1.82, 2.24) is 9.88 Å². The molecule has 0 atom stereocenters. The minimum atomic E-state index is -0.570. The molecule has 1 aliphatic heterocycles. The van der Waals surface area contributed by atoms with Crippen LogP contribution in [0.5, 0.6) is 5.75 Å². The Morgan fingerprint density at radius 3 is 2.49 bits per heavy atom. The minimum Gasteiger partial charge on any atom is -0.497 e. The van der Waals surface area contributed by atoms with Gasteiger partial charge in [-0.05, 0) is 91.5 Å². The Hall–Kier alpha value is -3.77. The second kappa shape index (κ2) is 9.84. The maximum Gasteiger partial charge on any atom is 0.258 e. The third-order valence-corrected chi connectivity index (χ3v) is 6.65. The van der Waals surface area contributed by atoms with Crippen molar-refractivity contribution in [2.45, 2.75) is 26.3 Å². The first-order valence-corrected chi connectivity index (χ1v) is 11.9. The average molecular weight is 470 g/mol. The van der Waals surface area contributed by atoms with E-state index in [2.05, 4.69) is 21.3 Å². The Morgan fingerprint density at radius 1 is 1.03 bits per heavy atom. The first-order chi connectivity index (χ1) is 17.0. The molecule has 5 nitrogen and oxygen atoms in total. The number of aryl methyl sites for hydroxylation is 1. The monoisotopic (exact) mass is 469 g/mol. The van der Waals surface area contributed by atoms with E-state index in [9.17, 15) is 9.18 Å². The Labute approximate surface area is 204 Å². The maximum atomic E-state index is 14.9. The number of methoxy groups -OCH3 is 1. The fourth-order valence-corrected chi connectivity index (χ4v) is 4.67. The average Bonchev–Trinajstić information content (AvgIpc) is 3.38. The molecule has 0 unspecified atom stereocenters. The second-order valence-corrected chi connectivity index (χ2v) is 9.01. The molecule has 0 saturated carbocycles. The largest absolute Gasteiger partial charge is 0.497 e. The van der Waals surface area contributed by atoms with Crippen molar-refractivity contribution >= 4 is 22.5 Å². The molecule has 0 spiro atoms. The van der Waals surface area contributed by atoms with Crippen molar-refractivity contribution in [1.29, 1.82) is 0 Å². The fourth-order valence-electron chi connectivity index (χ4n) is 4.67. The van der Waals surface area contributed by atoms with Crippen molar-refractivity contribution < 1.29 is 13.9 Å². The zero-order valence-corrected chi connectivity index (χ0v) is 20.0. The van der Waals surface area contributed by atoms with Gasteiger partial charge in [0.25, 0.3) is 5.91 Å². The number of anilines is 1. The summed E-state index contributed by atoms with van der Waals surface area (Å²) in [6.07, 6.45) is 4.43. The molecule has 0 bridgehead atoms. The van der Waals surface area contributed by atoms with Gasteiger partial charge in [0.05, 0.1) is 18.2 Å². The molecule has 5 rings (SSSR count). The molecule has 1 saturated heterocycles. The number of hydrogen-bond acceptors (Lipinski definition) is 4. The number of carbonyl (C=O) groups is 1. The number of rotatable bonds is 6. The summed E-state index contributed by atoms with van der Waals surface area (Å²) in [7, 11) is 1.60. The lowest BCUT2D eigenvalue weighted by atomic mass is 10.0. The summed E-state index contributed by atoms with van der Waals surface area (Å²) in [6, 6.07) is 18.0. The van der Waals surface area contributed by atoms with Crippen LogP contribution in [0.4, 0.5) is 10.1 Å². The lowest BCUT2D eigenvalue weighted by molar-refractivity contribution is 0.102. The summed E-state index contributed by atoms with van der Waals surface area (Å²) < 4.78 is 20.1. The van der Waals surface area contributed by atoms with E-state index < -0.39 is 11.7 Å². The highest BCUT2D eigenvalue weighted by atomic mass is 19.1. The van der Waals surface area contributed by atoms with Gasteiger partial charge in [-0.2, -0.15) is 0 Å². The highest BCUT2D eigenvalue weighted by Gasteiger charge is 2.16. The van der Waals surface area contributed by atoms with Gasteiger partial charge in [-0.3, -0.25) is 14.7 Å². The van der Waals surface area contributed by atoms with Crippen LogP contribution in [-0.2, 0) is 6.54 Å². The lowest BCUT2D eigenvalue weighted by Crippen LogP contribution is -2.18. The molecule has 1 amide bonds. The number of carbonyl (C=O) groups excluding carboxylic acids is 1. The van der Waals surface area contributed by atoms with Crippen molar-refractivity contribution in [3.63, 3.8) is 0 Å². The van der Waals surface area contributed by atoms with Gasteiger partial charge in [-0.25, -0.2) is 4.39 Å². The zero-order chi connectivity index (χ0) is 24.4. The molecule has 1 N–H and O–H groups in total. The lowest BCUT2D eigenvalue weighted by Gasteiger charge is -2.15. The van der Waals surface area contributed by atoms with Gasteiger partial charge in [0, 0.05) is 23.8 Å². The van der Waals surface area contributed by atoms with Crippen LogP contribution in [0.1, 0.15) is 34.3 Å². The van der Waals surface area contributed by atoms with Crippen molar-refractivity contribution in [2.24, 2.45) is 0 Å². The Morgan fingerprint density at radius 2 is 1.77 bits per heavy atom. The second-order valence-electron chi connectivity index (χ2n) is 9.01. The van der Waals surface area contributed by atoms with Crippen molar-refractivity contribution in [3.05, 3.63) is 89.4 Å². The molecule has 6 heteroatoms. The van der Waals surface area contributed by atoms with E-state index in [1.165, 1.54) is 30.5 Å². The quantitative estimate of drug-likeness (QED) is 0.365. The maximum absolute atomic E-state index is 14.9. The molecule has 2 heterocycles. The molecule has 0 radical (unpaired) electrons. The van der Waals surface area contributed by atoms with Gasteiger partial charge in [-0.15, -0.1) is 0 Å². The smallest absolute Gasteiger partial charge is 0.258 e. The fraction of sp³-hybridized carbons (Fsp3) is 0.241. The number of likely N-dealkylation sites (tertiary alicyclic amines) is 1. The molecule has 0 aliphatic carbocycles. The summed E-state index contributed by atoms with van der Waals surface area (Å²) >= 11 is 0. The highest BCUT2D eigenvalue weighted by Crippen LogP contribution is 2.28. The minimum absolute atomic E-state index is 0.00400. The molecule has 4 aromatic rings. The molecule has 35 heavy (non-hydrogen) atoms. The van der Waals surface area contributed by atoms with Gasteiger partial charge >= 0.3 is 0 Å². The number of fused-ring (bicyclic) bond motifs is 1. The topological polar surface area (TPSA) is 54.5 Å². The summed E-state index contributed by atoms with van der Waals surface area (Å²) in [5.74, 6) is -0.330. The van der Waals surface area contributed by atoms with Crippen LogP contribution in [0.25, 0.3) is 22.0 Å². The highest BCUT2D eigenvalue weighted by molar-refractivity contribution is 6.06. The van der Waals surface area contributed by atoms with Gasteiger partial charge in [-0.1, -0.05) is 24.3 Å².